The van der Waals surface area contributed by atoms with Gasteiger partial charge >= 0.3 is 0 Å². The Kier molecular flexibility index (Phi) is 4.50. The van der Waals surface area contributed by atoms with Gasteiger partial charge in [0.25, 0.3) is 5.91 Å². The second-order valence-corrected chi connectivity index (χ2v) is 4.20. The van der Waals surface area contributed by atoms with Crippen molar-refractivity contribution in [2.24, 2.45) is 0 Å². The van der Waals surface area contributed by atoms with Crippen LogP contribution in [0, 0.1) is 6.92 Å². The van der Waals surface area contributed by atoms with Gasteiger partial charge in [0, 0.05) is 6.20 Å². The molecule has 0 aliphatic heterocycles. The first kappa shape index (κ1) is 13.1. The van der Waals surface area contributed by atoms with E-state index in [4.69, 9.17) is 4.74 Å². The predicted octanol–water partition coefficient (Wildman–Crippen LogP) is 2.09. The summed E-state index contributed by atoms with van der Waals surface area (Å²) >= 11 is 0. The first-order valence-corrected chi connectivity index (χ1v) is 6.10. The lowest BCUT2D eigenvalue weighted by molar-refractivity contribution is -0.123. The largest absolute Gasteiger partial charge is 0.484 e. The van der Waals surface area contributed by atoms with Crippen molar-refractivity contribution in [3.05, 3.63) is 59.9 Å². The number of ether oxygens (including phenoxy) is 1. The number of hydrogen-bond donors (Lipinski definition) is 1. The van der Waals surface area contributed by atoms with Gasteiger partial charge < -0.3 is 10.1 Å². The quantitative estimate of drug-likeness (QED) is 0.891. The normalized spacial score (nSPS) is 9.95. The minimum Gasteiger partial charge on any atom is -0.484 e. The van der Waals surface area contributed by atoms with Crippen molar-refractivity contribution in [1.29, 1.82) is 0 Å². The molecule has 0 saturated heterocycles. The van der Waals surface area contributed by atoms with Gasteiger partial charge in [-0.1, -0.05) is 18.2 Å². The molecule has 4 nitrogen and oxygen atoms in total. The predicted molar refractivity (Wildman–Crippen MR) is 72.8 cm³/mol. The van der Waals surface area contributed by atoms with Gasteiger partial charge in [0.05, 0.1) is 12.2 Å². The lowest BCUT2D eigenvalue weighted by atomic mass is 10.2. The van der Waals surface area contributed by atoms with Gasteiger partial charge in [0.2, 0.25) is 0 Å². The fourth-order valence-corrected chi connectivity index (χ4v) is 1.60. The van der Waals surface area contributed by atoms with Gasteiger partial charge in [-0.3, -0.25) is 9.78 Å². The molecule has 2 rings (SSSR count). The van der Waals surface area contributed by atoms with Crippen molar-refractivity contribution in [3.63, 3.8) is 0 Å². The summed E-state index contributed by atoms with van der Waals surface area (Å²) in [7, 11) is 0. The summed E-state index contributed by atoms with van der Waals surface area (Å²) in [5.41, 5.74) is 1.93. The first-order chi connectivity index (χ1) is 9.24. The maximum atomic E-state index is 11.6. The number of benzene rings is 1. The highest BCUT2D eigenvalue weighted by Gasteiger charge is 2.03. The van der Waals surface area contributed by atoms with Crippen LogP contribution in [0.3, 0.4) is 0 Å². The van der Waals surface area contributed by atoms with Crippen LogP contribution in [-0.4, -0.2) is 17.5 Å². The number of nitrogens with zero attached hydrogens (tertiary/aromatic N) is 1. The molecule has 0 spiro atoms. The zero-order valence-corrected chi connectivity index (χ0v) is 10.8. The summed E-state index contributed by atoms with van der Waals surface area (Å²) in [6, 6.07) is 13.2. The van der Waals surface area contributed by atoms with Crippen molar-refractivity contribution in [2.45, 2.75) is 13.5 Å². The highest BCUT2D eigenvalue weighted by atomic mass is 16.5. The number of aromatic nitrogens is 1. The van der Waals surface area contributed by atoms with Crippen LogP contribution in [0.25, 0.3) is 0 Å². The van der Waals surface area contributed by atoms with E-state index in [-0.39, 0.29) is 12.5 Å². The average molecular weight is 256 g/mol. The minimum atomic E-state index is -0.160. The number of carbonyl (C=O) groups excluding carboxylic acids is 1. The van der Waals surface area contributed by atoms with Crippen molar-refractivity contribution >= 4 is 5.91 Å². The van der Waals surface area contributed by atoms with Gasteiger partial charge in [-0.25, -0.2) is 0 Å². The molecular formula is C15H16N2O2. The van der Waals surface area contributed by atoms with E-state index in [2.05, 4.69) is 10.3 Å². The molecule has 0 radical (unpaired) electrons. The zero-order valence-electron chi connectivity index (χ0n) is 10.8. The van der Waals surface area contributed by atoms with Crippen LogP contribution in [0.2, 0.25) is 0 Å². The van der Waals surface area contributed by atoms with Crippen LogP contribution in [0.15, 0.2) is 48.7 Å². The van der Waals surface area contributed by atoms with Crippen LogP contribution >= 0.6 is 0 Å². The summed E-state index contributed by atoms with van der Waals surface area (Å²) in [4.78, 5) is 15.7. The third kappa shape index (κ3) is 4.43. The third-order valence-corrected chi connectivity index (χ3v) is 2.55. The third-order valence-electron chi connectivity index (χ3n) is 2.55. The number of pyridine rings is 1. The molecule has 1 aromatic heterocycles. The second-order valence-electron chi connectivity index (χ2n) is 4.20. The Bertz CT molecular complexity index is 541. The number of nitrogens with one attached hydrogen (secondary N) is 1. The smallest absolute Gasteiger partial charge is 0.258 e. The van der Waals surface area contributed by atoms with Crippen LogP contribution in [0.1, 0.15) is 11.3 Å². The Morgan fingerprint density at radius 3 is 2.89 bits per heavy atom. The standard InChI is InChI=1S/C15H16N2O2/c1-12-5-4-7-14(9-12)19-11-15(18)17-10-13-6-2-3-8-16-13/h2-9H,10-11H2,1H3,(H,17,18). The van der Waals surface area contributed by atoms with Crippen LogP contribution in [-0.2, 0) is 11.3 Å². The minimum absolute atomic E-state index is 0.0102. The number of carbonyl (C=O) groups is 1. The molecule has 98 valence electrons. The molecule has 1 amide bonds. The molecule has 4 heteroatoms. The number of hydrogen-bond acceptors (Lipinski definition) is 3. The first-order valence-electron chi connectivity index (χ1n) is 6.10. The Balaban J connectivity index is 1.76. The molecule has 1 N–H and O–H groups in total. The van der Waals surface area contributed by atoms with Crippen LogP contribution in [0.4, 0.5) is 0 Å². The molecule has 19 heavy (non-hydrogen) atoms. The highest BCUT2D eigenvalue weighted by Crippen LogP contribution is 2.11. The SMILES string of the molecule is Cc1cccc(OCC(=O)NCc2ccccn2)c1. The molecule has 0 saturated carbocycles. The molecule has 0 bridgehead atoms. The van der Waals surface area contributed by atoms with E-state index >= 15 is 0 Å². The van der Waals surface area contributed by atoms with Crippen molar-refractivity contribution < 1.29 is 9.53 Å². The van der Waals surface area contributed by atoms with Crippen molar-refractivity contribution in [1.82, 2.24) is 10.3 Å². The number of rotatable bonds is 5. The average Bonchev–Trinajstić information content (AvgIpc) is 2.44. The fraction of sp³-hybridized carbons (Fsp3) is 0.200. The lowest BCUT2D eigenvalue weighted by Crippen LogP contribution is -2.28. The van der Waals surface area contributed by atoms with Gasteiger partial charge in [-0.15, -0.1) is 0 Å². The van der Waals surface area contributed by atoms with Crippen LogP contribution < -0.4 is 10.1 Å². The summed E-state index contributed by atoms with van der Waals surface area (Å²) in [6.45, 7) is 2.40. The molecule has 0 aliphatic carbocycles. The molecule has 0 aliphatic rings. The molecule has 1 heterocycles. The summed E-state index contributed by atoms with van der Waals surface area (Å²) < 4.78 is 5.40. The number of aryl methyl sites for hydroxylation is 1. The maximum absolute atomic E-state index is 11.6. The van der Waals surface area contributed by atoms with Gasteiger partial charge in [-0.2, -0.15) is 0 Å². The van der Waals surface area contributed by atoms with E-state index in [1.165, 1.54) is 0 Å². The van der Waals surface area contributed by atoms with Crippen molar-refractivity contribution in [3.8, 4) is 5.75 Å². The van der Waals surface area contributed by atoms with E-state index in [0.29, 0.717) is 12.3 Å². The fourth-order valence-electron chi connectivity index (χ4n) is 1.60. The maximum Gasteiger partial charge on any atom is 0.258 e. The summed E-state index contributed by atoms with van der Waals surface area (Å²) in [5, 5.41) is 2.76. The van der Waals surface area contributed by atoms with E-state index in [1.54, 1.807) is 6.20 Å². The lowest BCUT2D eigenvalue weighted by Gasteiger charge is -2.07. The highest BCUT2D eigenvalue weighted by molar-refractivity contribution is 5.77. The van der Waals surface area contributed by atoms with Gasteiger partial charge in [0.15, 0.2) is 6.61 Å². The van der Waals surface area contributed by atoms with Crippen molar-refractivity contribution in [2.75, 3.05) is 6.61 Å². The molecule has 2 aromatic rings. The van der Waals surface area contributed by atoms with Gasteiger partial charge in [-0.05, 0) is 36.8 Å². The Hall–Kier alpha value is -2.36. The Labute approximate surface area is 112 Å². The molecular weight excluding hydrogens is 240 g/mol. The van der Waals surface area contributed by atoms with E-state index in [1.807, 2.05) is 49.4 Å². The molecule has 0 fully saturated rings. The topological polar surface area (TPSA) is 51.2 Å². The monoisotopic (exact) mass is 256 g/mol. The summed E-state index contributed by atoms with van der Waals surface area (Å²) in [5.74, 6) is 0.542. The second kappa shape index (κ2) is 6.54. The van der Waals surface area contributed by atoms with Crippen LogP contribution in [0.5, 0.6) is 5.75 Å². The molecule has 1 aromatic carbocycles. The summed E-state index contributed by atoms with van der Waals surface area (Å²) in [6.07, 6.45) is 1.70. The Morgan fingerprint density at radius 1 is 1.26 bits per heavy atom. The van der Waals surface area contributed by atoms with Gasteiger partial charge in [0.1, 0.15) is 5.75 Å². The number of amides is 1. The van der Waals surface area contributed by atoms with E-state index in [0.717, 1.165) is 11.3 Å². The zero-order chi connectivity index (χ0) is 13.5. The van der Waals surface area contributed by atoms with E-state index < -0.39 is 0 Å². The van der Waals surface area contributed by atoms with E-state index in [9.17, 15) is 4.79 Å². The Morgan fingerprint density at radius 2 is 2.16 bits per heavy atom. The molecule has 0 atom stereocenters. The molecule has 0 unspecified atom stereocenters.